The zero-order chi connectivity index (χ0) is 15.5. The Hall–Kier alpha value is -2.40. The number of amides is 1. The molecule has 0 aliphatic heterocycles. The fourth-order valence-corrected chi connectivity index (χ4v) is 3.01. The van der Waals surface area contributed by atoms with Crippen LogP contribution in [0.3, 0.4) is 0 Å². The minimum absolute atomic E-state index is 0.140. The van der Waals surface area contributed by atoms with Crippen molar-refractivity contribution in [2.45, 2.75) is 18.2 Å². The number of carbonyl (C=O) groups excluding carboxylic acids is 1. The number of benzene rings is 1. The molecule has 0 aliphatic carbocycles. The summed E-state index contributed by atoms with van der Waals surface area (Å²) in [6, 6.07) is 4.58. The van der Waals surface area contributed by atoms with Crippen LogP contribution in [0.25, 0.3) is 0 Å². The second-order valence-electron chi connectivity index (χ2n) is 4.06. The molecule has 0 aromatic heterocycles. The van der Waals surface area contributed by atoms with Crippen molar-refractivity contribution in [2.24, 2.45) is 16.5 Å². The second kappa shape index (κ2) is 5.71. The Morgan fingerprint density at radius 3 is 2.40 bits per heavy atom. The number of nitrogens with two attached hydrogens (primary N) is 2. The van der Waals surface area contributed by atoms with E-state index in [2.05, 4.69) is 4.99 Å². The van der Waals surface area contributed by atoms with Gasteiger partial charge in [-0.2, -0.15) is 10.3 Å². The molecule has 20 heavy (non-hydrogen) atoms. The van der Waals surface area contributed by atoms with Crippen molar-refractivity contribution in [1.82, 2.24) is 0 Å². The number of rotatable bonds is 3. The van der Waals surface area contributed by atoms with Gasteiger partial charge in [-0.05, 0) is 18.1 Å². The van der Waals surface area contributed by atoms with Gasteiger partial charge in [0.05, 0.1) is 16.0 Å². The van der Waals surface area contributed by atoms with Crippen LogP contribution in [0.2, 0.25) is 0 Å². The molecule has 0 saturated carbocycles. The molecule has 0 atom stereocenters. The van der Waals surface area contributed by atoms with E-state index < -0.39 is 21.7 Å². The second-order valence-corrected chi connectivity index (χ2v) is 6.01. The van der Waals surface area contributed by atoms with E-state index >= 15 is 0 Å². The van der Waals surface area contributed by atoms with Crippen LogP contribution < -0.4 is 11.5 Å². The molecule has 7 nitrogen and oxygen atoms in total. The maximum Gasteiger partial charge on any atom is 0.281 e. The Labute approximate surface area is 116 Å². The SMILES string of the molecule is CCc1ccc(C(=O)N=C(N)N)c(C#N)c1S(C)(=O)=O. The molecule has 0 heterocycles. The zero-order valence-corrected chi connectivity index (χ0v) is 11.9. The molecular formula is C12H14N4O3S. The van der Waals surface area contributed by atoms with Crippen molar-refractivity contribution in [3.05, 3.63) is 28.8 Å². The quantitative estimate of drug-likeness (QED) is 0.591. The number of guanidine groups is 1. The Balaban J connectivity index is 3.73. The van der Waals surface area contributed by atoms with Crippen molar-refractivity contribution in [3.8, 4) is 6.07 Å². The van der Waals surface area contributed by atoms with E-state index in [0.29, 0.717) is 12.0 Å². The van der Waals surface area contributed by atoms with Crippen molar-refractivity contribution in [3.63, 3.8) is 0 Å². The van der Waals surface area contributed by atoms with Crippen LogP contribution in [0.5, 0.6) is 0 Å². The first-order chi connectivity index (χ1) is 9.22. The molecule has 8 heteroatoms. The smallest absolute Gasteiger partial charge is 0.281 e. The predicted molar refractivity (Wildman–Crippen MR) is 73.8 cm³/mol. The Morgan fingerprint density at radius 1 is 1.40 bits per heavy atom. The molecule has 0 unspecified atom stereocenters. The summed E-state index contributed by atoms with van der Waals surface area (Å²) in [5.74, 6) is -1.31. The number of hydrogen-bond donors (Lipinski definition) is 2. The number of carbonyl (C=O) groups is 1. The molecule has 106 valence electrons. The van der Waals surface area contributed by atoms with Crippen molar-refractivity contribution in [1.29, 1.82) is 5.26 Å². The first-order valence-corrected chi connectivity index (χ1v) is 7.51. The minimum atomic E-state index is -3.66. The van der Waals surface area contributed by atoms with Gasteiger partial charge in [0.25, 0.3) is 5.91 Å². The molecule has 0 fully saturated rings. The predicted octanol–water partition coefficient (Wildman–Crippen LogP) is -0.0622. The van der Waals surface area contributed by atoms with E-state index in [-0.39, 0.29) is 16.0 Å². The number of nitrogens with zero attached hydrogens (tertiary/aromatic N) is 2. The average molecular weight is 294 g/mol. The summed E-state index contributed by atoms with van der Waals surface area (Å²) in [5, 5.41) is 9.19. The normalized spacial score (nSPS) is 10.7. The third-order valence-corrected chi connectivity index (χ3v) is 3.77. The highest BCUT2D eigenvalue weighted by Crippen LogP contribution is 2.25. The van der Waals surface area contributed by atoms with Gasteiger partial charge in [-0.3, -0.25) is 4.79 Å². The van der Waals surface area contributed by atoms with E-state index in [4.69, 9.17) is 11.5 Å². The van der Waals surface area contributed by atoms with Crippen LogP contribution in [0.4, 0.5) is 0 Å². The van der Waals surface area contributed by atoms with Gasteiger partial charge in [0.1, 0.15) is 6.07 Å². The zero-order valence-electron chi connectivity index (χ0n) is 11.0. The van der Waals surface area contributed by atoms with Crippen molar-refractivity contribution >= 4 is 21.7 Å². The third-order valence-electron chi connectivity index (χ3n) is 2.56. The van der Waals surface area contributed by atoms with Crippen LogP contribution >= 0.6 is 0 Å². The minimum Gasteiger partial charge on any atom is -0.370 e. The van der Waals surface area contributed by atoms with Crippen LogP contribution in [0, 0.1) is 11.3 Å². The standard InChI is InChI=1S/C12H14N4O3S/c1-3-7-4-5-8(11(17)16-12(14)15)9(6-13)10(7)20(2,18)19/h4-5H,3H2,1-2H3,(H4,14,15,16,17). The number of aryl methyl sites for hydroxylation is 1. The molecule has 1 aromatic carbocycles. The van der Waals surface area contributed by atoms with Gasteiger partial charge in [0.2, 0.25) is 0 Å². The Morgan fingerprint density at radius 2 is 2.00 bits per heavy atom. The van der Waals surface area contributed by atoms with Crippen LogP contribution in [-0.2, 0) is 16.3 Å². The molecular weight excluding hydrogens is 280 g/mol. The maximum absolute atomic E-state index is 11.8. The highest BCUT2D eigenvalue weighted by atomic mass is 32.2. The molecule has 0 spiro atoms. The Bertz CT molecular complexity index is 726. The van der Waals surface area contributed by atoms with Crippen molar-refractivity contribution in [2.75, 3.05) is 6.26 Å². The lowest BCUT2D eigenvalue weighted by atomic mass is 10.0. The number of aliphatic imine (C=N–C) groups is 1. The lowest BCUT2D eigenvalue weighted by molar-refractivity contribution is 0.100. The largest absolute Gasteiger partial charge is 0.370 e. The molecule has 0 aliphatic rings. The van der Waals surface area contributed by atoms with Crippen LogP contribution in [-0.4, -0.2) is 26.5 Å². The van der Waals surface area contributed by atoms with E-state index in [9.17, 15) is 18.5 Å². The molecule has 1 amide bonds. The molecule has 4 N–H and O–H groups in total. The van der Waals surface area contributed by atoms with Gasteiger partial charge in [-0.25, -0.2) is 8.42 Å². The lowest BCUT2D eigenvalue weighted by Crippen LogP contribution is -2.24. The third kappa shape index (κ3) is 3.13. The lowest BCUT2D eigenvalue weighted by Gasteiger charge is -2.10. The first-order valence-electron chi connectivity index (χ1n) is 5.62. The highest BCUT2D eigenvalue weighted by Gasteiger charge is 2.23. The van der Waals surface area contributed by atoms with E-state index in [1.807, 2.05) is 0 Å². The molecule has 0 saturated heterocycles. The fourth-order valence-electron chi connectivity index (χ4n) is 1.79. The van der Waals surface area contributed by atoms with Gasteiger partial charge >= 0.3 is 0 Å². The maximum atomic E-state index is 11.8. The summed E-state index contributed by atoms with van der Waals surface area (Å²) in [6.45, 7) is 1.75. The summed E-state index contributed by atoms with van der Waals surface area (Å²) in [7, 11) is -3.66. The number of hydrogen-bond acceptors (Lipinski definition) is 4. The summed E-state index contributed by atoms with van der Waals surface area (Å²) in [5.41, 5.74) is 10.3. The highest BCUT2D eigenvalue weighted by molar-refractivity contribution is 7.90. The summed E-state index contributed by atoms with van der Waals surface area (Å²) >= 11 is 0. The monoisotopic (exact) mass is 294 g/mol. The fraction of sp³-hybridized carbons (Fsp3) is 0.250. The van der Waals surface area contributed by atoms with Gasteiger partial charge in [-0.15, -0.1) is 0 Å². The van der Waals surface area contributed by atoms with Crippen molar-refractivity contribution < 1.29 is 13.2 Å². The van der Waals surface area contributed by atoms with Crippen LogP contribution in [0.1, 0.15) is 28.4 Å². The van der Waals surface area contributed by atoms with Gasteiger partial charge in [0, 0.05) is 6.26 Å². The van der Waals surface area contributed by atoms with E-state index in [1.165, 1.54) is 12.1 Å². The number of nitriles is 1. The molecule has 0 radical (unpaired) electrons. The molecule has 1 rings (SSSR count). The topological polar surface area (TPSA) is 139 Å². The van der Waals surface area contributed by atoms with Crippen LogP contribution in [0.15, 0.2) is 22.0 Å². The molecule has 1 aromatic rings. The van der Waals surface area contributed by atoms with Gasteiger partial charge < -0.3 is 11.5 Å². The van der Waals surface area contributed by atoms with Gasteiger partial charge in [0.15, 0.2) is 15.8 Å². The van der Waals surface area contributed by atoms with E-state index in [1.54, 1.807) is 13.0 Å². The number of sulfone groups is 1. The first kappa shape index (κ1) is 15.7. The van der Waals surface area contributed by atoms with Gasteiger partial charge in [-0.1, -0.05) is 13.0 Å². The summed E-state index contributed by atoms with van der Waals surface area (Å²) in [6.07, 6.45) is 1.39. The summed E-state index contributed by atoms with van der Waals surface area (Å²) in [4.78, 5) is 15.0. The molecule has 0 bridgehead atoms. The summed E-state index contributed by atoms with van der Waals surface area (Å²) < 4.78 is 23.7. The Kier molecular flexibility index (Phi) is 4.47. The van der Waals surface area contributed by atoms with E-state index in [0.717, 1.165) is 6.26 Å². The average Bonchev–Trinajstić information content (AvgIpc) is 2.34.